The lowest BCUT2D eigenvalue weighted by atomic mass is 9.95. The Balaban J connectivity index is 1.66. The van der Waals surface area contributed by atoms with Gasteiger partial charge in [0.15, 0.2) is 0 Å². The van der Waals surface area contributed by atoms with Crippen LogP contribution in [0, 0.1) is 5.92 Å². The number of amides is 2. The highest BCUT2D eigenvalue weighted by Crippen LogP contribution is 2.23. The Morgan fingerprint density at radius 1 is 1.24 bits per heavy atom. The van der Waals surface area contributed by atoms with Crippen molar-refractivity contribution >= 4 is 33.4 Å². The van der Waals surface area contributed by atoms with Gasteiger partial charge in [-0.15, -0.1) is 4.40 Å². The van der Waals surface area contributed by atoms with Gasteiger partial charge in [-0.3, -0.25) is 9.59 Å². The molecule has 0 aliphatic carbocycles. The van der Waals surface area contributed by atoms with Crippen LogP contribution in [-0.2, 0) is 19.6 Å². The molecule has 0 saturated carbocycles. The fourth-order valence-corrected chi connectivity index (χ4v) is 4.71. The molecule has 3 rings (SSSR count). The van der Waals surface area contributed by atoms with E-state index < -0.39 is 10.0 Å². The molecule has 0 aromatic heterocycles. The number of hydrogen-bond acceptors (Lipinski definition) is 4. The number of likely N-dealkylation sites (tertiary alicyclic amines) is 2. The molecular weight excluding hydrogens is 392 g/mol. The fourth-order valence-electron chi connectivity index (χ4n) is 3.57. The Morgan fingerprint density at radius 3 is 2.59 bits per heavy atom. The predicted molar refractivity (Wildman–Crippen MR) is 111 cm³/mol. The SMILES string of the molecule is C=CC(=O)N1CCC(C(=O)Nc2cccc(S(=O)(=O)/N=C3\CCCN3C)c2)CC1. The number of nitrogens with one attached hydrogen (secondary N) is 1. The van der Waals surface area contributed by atoms with E-state index in [4.69, 9.17) is 0 Å². The van der Waals surface area contributed by atoms with Crippen LogP contribution in [0.3, 0.4) is 0 Å². The first-order valence-electron chi connectivity index (χ1n) is 9.67. The zero-order valence-electron chi connectivity index (χ0n) is 16.5. The van der Waals surface area contributed by atoms with Crippen LogP contribution in [0.5, 0.6) is 0 Å². The molecule has 0 unspecified atom stereocenters. The molecule has 2 fully saturated rings. The number of piperidine rings is 1. The second-order valence-electron chi connectivity index (χ2n) is 7.33. The van der Waals surface area contributed by atoms with Gasteiger partial charge in [0, 0.05) is 44.7 Å². The molecule has 8 nitrogen and oxygen atoms in total. The lowest BCUT2D eigenvalue weighted by Crippen LogP contribution is -2.40. The molecule has 0 spiro atoms. The first-order valence-corrected chi connectivity index (χ1v) is 11.1. The molecule has 2 aliphatic rings. The number of anilines is 1. The van der Waals surface area contributed by atoms with Gasteiger partial charge < -0.3 is 15.1 Å². The zero-order valence-corrected chi connectivity index (χ0v) is 17.3. The molecule has 0 bridgehead atoms. The van der Waals surface area contributed by atoms with E-state index in [-0.39, 0.29) is 22.6 Å². The van der Waals surface area contributed by atoms with Crippen LogP contribution < -0.4 is 5.32 Å². The molecule has 2 heterocycles. The summed E-state index contributed by atoms with van der Waals surface area (Å²) in [5.74, 6) is 0.0279. The number of benzene rings is 1. The Morgan fingerprint density at radius 2 is 1.97 bits per heavy atom. The molecule has 1 aromatic rings. The number of amidine groups is 1. The van der Waals surface area contributed by atoms with Gasteiger partial charge in [-0.1, -0.05) is 12.6 Å². The van der Waals surface area contributed by atoms with Gasteiger partial charge in [0.2, 0.25) is 11.8 Å². The number of carbonyl (C=O) groups is 2. The van der Waals surface area contributed by atoms with E-state index >= 15 is 0 Å². The number of hydrogen-bond donors (Lipinski definition) is 1. The van der Waals surface area contributed by atoms with Crippen molar-refractivity contribution in [1.29, 1.82) is 0 Å². The molecule has 1 aromatic carbocycles. The van der Waals surface area contributed by atoms with E-state index in [9.17, 15) is 18.0 Å². The highest BCUT2D eigenvalue weighted by atomic mass is 32.2. The van der Waals surface area contributed by atoms with Crippen LogP contribution in [0.15, 0.2) is 46.2 Å². The van der Waals surface area contributed by atoms with Gasteiger partial charge in [0.1, 0.15) is 5.84 Å². The first-order chi connectivity index (χ1) is 13.8. The third kappa shape index (κ3) is 5.03. The highest BCUT2D eigenvalue weighted by molar-refractivity contribution is 7.90. The summed E-state index contributed by atoms with van der Waals surface area (Å²) in [6, 6.07) is 6.15. The number of nitrogens with zero attached hydrogens (tertiary/aromatic N) is 3. The Bertz CT molecular complexity index is 934. The predicted octanol–water partition coefficient (Wildman–Crippen LogP) is 1.86. The summed E-state index contributed by atoms with van der Waals surface area (Å²) < 4.78 is 29.2. The smallest absolute Gasteiger partial charge is 0.284 e. The topological polar surface area (TPSA) is 99.2 Å². The van der Waals surface area contributed by atoms with Crippen LogP contribution in [0.4, 0.5) is 5.69 Å². The average Bonchev–Trinajstić information content (AvgIpc) is 3.11. The number of sulfonamides is 1. The normalized spacial score (nSPS) is 19.4. The third-order valence-electron chi connectivity index (χ3n) is 5.31. The van der Waals surface area contributed by atoms with Crippen LogP contribution in [-0.4, -0.2) is 62.5 Å². The molecule has 156 valence electrons. The van der Waals surface area contributed by atoms with E-state index in [2.05, 4.69) is 16.3 Å². The minimum atomic E-state index is -3.84. The summed E-state index contributed by atoms with van der Waals surface area (Å²) in [6.07, 6.45) is 3.92. The highest BCUT2D eigenvalue weighted by Gasteiger charge is 2.27. The number of rotatable bonds is 5. The first kappa shape index (κ1) is 21.0. The monoisotopic (exact) mass is 418 g/mol. The summed E-state index contributed by atoms with van der Waals surface area (Å²) in [4.78, 5) is 27.8. The van der Waals surface area contributed by atoms with Crippen LogP contribution in [0.1, 0.15) is 25.7 Å². The molecule has 0 atom stereocenters. The summed E-state index contributed by atoms with van der Waals surface area (Å²) in [6.45, 7) is 5.28. The summed E-state index contributed by atoms with van der Waals surface area (Å²) in [5, 5.41) is 2.80. The average molecular weight is 419 g/mol. The lowest BCUT2D eigenvalue weighted by Gasteiger charge is -2.30. The maximum absolute atomic E-state index is 12.6. The minimum absolute atomic E-state index is 0.0505. The van der Waals surface area contributed by atoms with Crippen molar-refractivity contribution in [3.05, 3.63) is 36.9 Å². The Labute approximate surface area is 171 Å². The molecular formula is C20H26N4O4S. The van der Waals surface area contributed by atoms with Crippen molar-refractivity contribution in [1.82, 2.24) is 9.80 Å². The lowest BCUT2D eigenvalue weighted by molar-refractivity contribution is -0.130. The van der Waals surface area contributed by atoms with Crippen molar-refractivity contribution in [3.63, 3.8) is 0 Å². The zero-order chi connectivity index (χ0) is 21.0. The second-order valence-corrected chi connectivity index (χ2v) is 8.93. The summed E-state index contributed by atoms with van der Waals surface area (Å²) in [7, 11) is -2.01. The van der Waals surface area contributed by atoms with Crippen molar-refractivity contribution in [2.75, 3.05) is 32.0 Å². The van der Waals surface area contributed by atoms with Crippen LogP contribution in [0.25, 0.3) is 0 Å². The fraction of sp³-hybridized carbons (Fsp3) is 0.450. The maximum atomic E-state index is 12.6. The van der Waals surface area contributed by atoms with Gasteiger partial charge in [-0.25, -0.2) is 0 Å². The van der Waals surface area contributed by atoms with E-state index in [1.165, 1.54) is 18.2 Å². The standard InChI is InChI=1S/C20H26N4O4S/c1-3-19(25)24-12-9-15(10-13-24)20(26)21-16-6-4-7-17(14-16)29(27,28)22-18-8-5-11-23(18)2/h3-4,6-7,14-15H,1,5,8-13H2,2H3,(H,21,26)/b22-18+. The van der Waals surface area contributed by atoms with Crippen LogP contribution >= 0.6 is 0 Å². The van der Waals surface area contributed by atoms with Crippen molar-refractivity contribution in [2.24, 2.45) is 10.3 Å². The summed E-state index contributed by atoms with van der Waals surface area (Å²) >= 11 is 0. The van der Waals surface area contributed by atoms with Gasteiger partial charge in [0.05, 0.1) is 4.90 Å². The van der Waals surface area contributed by atoms with Crippen molar-refractivity contribution < 1.29 is 18.0 Å². The molecule has 2 amide bonds. The second kappa shape index (κ2) is 8.77. The Kier molecular flexibility index (Phi) is 6.36. The largest absolute Gasteiger partial charge is 0.362 e. The van der Waals surface area contributed by atoms with Gasteiger partial charge >= 0.3 is 0 Å². The molecule has 9 heteroatoms. The van der Waals surface area contributed by atoms with Crippen molar-refractivity contribution in [3.8, 4) is 0 Å². The third-order valence-corrected chi connectivity index (χ3v) is 6.61. The molecule has 0 radical (unpaired) electrons. The van der Waals surface area contributed by atoms with E-state index in [1.54, 1.807) is 17.0 Å². The maximum Gasteiger partial charge on any atom is 0.284 e. The van der Waals surface area contributed by atoms with E-state index in [0.29, 0.717) is 43.9 Å². The Hall–Kier alpha value is -2.68. The van der Waals surface area contributed by atoms with Crippen LogP contribution in [0.2, 0.25) is 0 Å². The van der Waals surface area contributed by atoms with E-state index in [0.717, 1.165) is 13.0 Å². The van der Waals surface area contributed by atoms with Crippen molar-refractivity contribution in [2.45, 2.75) is 30.6 Å². The quantitative estimate of drug-likeness (QED) is 0.736. The summed E-state index contributed by atoms with van der Waals surface area (Å²) in [5.41, 5.74) is 0.417. The molecule has 2 aliphatic heterocycles. The van der Waals surface area contributed by atoms with E-state index in [1.807, 2.05) is 11.9 Å². The molecule has 2 saturated heterocycles. The molecule has 29 heavy (non-hydrogen) atoms. The van der Waals surface area contributed by atoms with Gasteiger partial charge in [-0.2, -0.15) is 8.42 Å². The number of carbonyl (C=O) groups excluding carboxylic acids is 2. The minimum Gasteiger partial charge on any atom is -0.362 e. The van der Waals surface area contributed by atoms with Gasteiger partial charge in [0.25, 0.3) is 10.0 Å². The molecule has 1 N–H and O–H groups in total. The van der Waals surface area contributed by atoms with Gasteiger partial charge in [-0.05, 0) is 43.5 Å².